The molecule has 0 bridgehead atoms. The number of aromatic nitrogens is 1. The zero-order valence-corrected chi connectivity index (χ0v) is 9.42. The van der Waals surface area contributed by atoms with E-state index in [1.54, 1.807) is 6.20 Å². The van der Waals surface area contributed by atoms with Gasteiger partial charge in [-0.05, 0) is 45.8 Å². The van der Waals surface area contributed by atoms with Crippen LogP contribution in [0.4, 0.5) is 0 Å². The minimum absolute atomic E-state index is 0.0165. The summed E-state index contributed by atoms with van der Waals surface area (Å²) in [6.45, 7) is 6.31. The molecule has 1 aliphatic heterocycles. The summed E-state index contributed by atoms with van der Waals surface area (Å²) in [5, 5.41) is 3.35. The number of hydrogen-bond donors (Lipinski definition) is 1. The standard InChI is InChI=1S/C12H18N2O/c1-10-9-14-6-3-11(10)15-12(2)4-7-13-8-5-12/h3,6,9,13H,4-5,7-8H2,1-2H3. The molecule has 0 spiro atoms. The molecule has 0 radical (unpaired) electrons. The van der Waals surface area contributed by atoms with Gasteiger partial charge in [0.05, 0.1) is 0 Å². The van der Waals surface area contributed by atoms with Gasteiger partial charge in [0.1, 0.15) is 11.4 Å². The Morgan fingerprint density at radius 3 is 2.80 bits per heavy atom. The Morgan fingerprint density at radius 2 is 2.13 bits per heavy atom. The van der Waals surface area contributed by atoms with Crippen molar-refractivity contribution in [2.24, 2.45) is 0 Å². The fraction of sp³-hybridized carbons (Fsp3) is 0.583. The lowest BCUT2D eigenvalue weighted by molar-refractivity contribution is 0.0548. The second kappa shape index (κ2) is 4.19. The highest BCUT2D eigenvalue weighted by atomic mass is 16.5. The van der Waals surface area contributed by atoms with Crippen LogP contribution >= 0.6 is 0 Å². The number of aryl methyl sites for hydroxylation is 1. The van der Waals surface area contributed by atoms with Gasteiger partial charge < -0.3 is 10.1 Å². The van der Waals surface area contributed by atoms with Crippen LogP contribution in [0.5, 0.6) is 5.75 Å². The van der Waals surface area contributed by atoms with Crippen LogP contribution in [0.2, 0.25) is 0 Å². The van der Waals surface area contributed by atoms with Gasteiger partial charge >= 0.3 is 0 Å². The number of nitrogens with one attached hydrogen (secondary N) is 1. The molecule has 1 aromatic heterocycles. The first-order chi connectivity index (χ1) is 7.20. The maximum atomic E-state index is 6.09. The van der Waals surface area contributed by atoms with E-state index in [0.29, 0.717) is 0 Å². The molecule has 1 fully saturated rings. The quantitative estimate of drug-likeness (QED) is 0.802. The van der Waals surface area contributed by atoms with Crippen LogP contribution < -0.4 is 10.1 Å². The minimum Gasteiger partial charge on any atom is -0.487 e. The first-order valence-corrected chi connectivity index (χ1v) is 5.50. The van der Waals surface area contributed by atoms with Gasteiger partial charge in [0.25, 0.3) is 0 Å². The third kappa shape index (κ3) is 2.48. The molecule has 0 aliphatic carbocycles. The number of nitrogens with zero attached hydrogens (tertiary/aromatic N) is 1. The Balaban J connectivity index is 2.10. The molecule has 3 heteroatoms. The lowest BCUT2D eigenvalue weighted by Gasteiger charge is -2.35. The largest absolute Gasteiger partial charge is 0.487 e. The molecule has 2 rings (SSSR count). The van der Waals surface area contributed by atoms with Crippen molar-refractivity contribution in [2.75, 3.05) is 13.1 Å². The molecule has 1 N–H and O–H groups in total. The average Bonchev–Trinajstić information content (AvgIpc) is 2.22. The predicted molar refractivity (Wildman–Crippen MR) is 60.1 cm³/mol. The van der Waals surface area contributed by atoms with Crippen molar-refractivity contribution in [1.82, 2.24) is 10.3 Å². The van der Waals surface area contributed by atoms with Gasteiger partial charge in [-0.3, -0.25) is 4.98 Å². The molecule has 1 aromatic rings. The third-order valence-corrected chi connectivity index (χ3v) is 2.99. The van der Waals surface area contributed by atoms with Crippen LogP contribution in [0.15, 0.2) is 18.5 Å². The van der Waals surface area contributed by atoms with Crippen molar-refractivity contribution in [2.45, 2.75) is 32.3 Å². The van der Waals surface area contributed by atoms with Crippen LogP contribution in [0.25, 0.3) is 0 Å². The van der Waals surface area contributed by atoms with Crippen LogP contribution in [-0.2, 0) is 0 Å². The molecule has 0 aromatic carbocycles. The summed E-state index contributed by atoms with van der Waals surface area (Å²) in [5.74, 6) is 0.967. The van der Waals surface area contributed by atoms with E-state index in [-0.39, 0.29) is 5.60 Å². The lowest BCUT2D eigenvalue weighted by atomic mass is 9.94. The molecular weight excluding hydrogens is 188 g/mol. The van der Waals surface area contributed by atoms with Crippen molar-refractivity contribution in [3.05, 3.63) is 24.0 Å². The number of pyridine rings is 1. The number of piperidine rings is 1. The Labute approximate surface area is 90.9 Å². The van der Waals surface area contributed by atoms with Crippen molar-refractivity contribution < 1.29 is 4.74 Å². The smallest absolute Gasteiger partial charge is 0.126 e. The zero-order valence-electron chi connectivity index (χ0n) is 9.42. The fourth-order valence-corrected chi connectivity index (χ4v) is 1.90. The van der Waals surface area contributed by atoms with E-state index in [1.165, 1.54) is 0 Å². The van der Waals surface area contributed by atoms with Gasteiger partial charge in [-0.15, -0.1) is 0 Å². The van der Waals surface area contributed by atoms with E-state index < -0.39 is 0 Å². The van der Waals surface area contributed by atoms with Gasteiger partial charge in [-0.25, -0.2) is 0 Å². The van der Waals surface area contributed by atoms with Gasteiger partial charge in [0.2, 0.25) is 0 Å². The number of rotatable bonds is 2. The summed E-state index contributed by atoms with van der Waals surface area (Å²) in [4.78, 5) is 4.07. The van der Waals surface area contributed by atoms with Gasteiger partial charge in [0.15, 0.2) is 0 Å². The maximum Gasteiger partial charge on any atom is 0.126 e. The van der Waals surface area contributed by atoms with Crippen LogP contribution in [0.3, 0.4) is 0 Å². The van der Waals surface area contributed by atoms with E-state index in [1.807, 2.05) is 19.2 Å². The summed E-state index contributed by atoms with van der Waals surface area (Å²) in [5.41, 5.74) is 1.09. The summed E-state index contributed by atoms with van der Waals surface area (Å²) in [6, 6.07) is 1.95. The molecular formula is C12H18N2O. The van der Waals surface area contributed by atoms with Crippen molar-refractivity contribution in [3.8, 4) is 5.75 Å². The van der Waals surface area contributed by atoms with E-state index in [4.69, 9.17) is 4.74 Å². The Morgan fingerprint density at radius 1 is 1.40 bits per heavy atom. The first kappa shape index (κ1) is 10.4. The average molecular weight is 206 g/mol. The van der Waals surface area contributed by atoms with Crippen LogP contribution in [0.1, 0.15) is 25.3 Å². The van der Waals surface area contributed by atoms with Crippen molar-refractivity contribution in [3.63, 3.8) is 0 Å². The Hall–Kier alpha value is -1.09. The van der Waals surface area contributed by atoms with E-state index in [9.17, 15) is 0 Å². The molecule has 1 aliphatic rings. The molecule has 1 saturated heterocycles. The monoisotopic (exact) mass is 206 g/mol. The minimum atomic E-state index is -0.0165. The maximum absolute atomic E-state index is 6.09. The van der Waals surface area contributed by atoms with Crippen molar-refractivity contribution in [1.29, 1.82) is 0 Å². The second-order valence-electron chi connectivity index (χ2n) is 4.44. The first-order valence-electron chi connectivity index (χ1n) is 5.50. The molecule has 0 unspecified atom stereocenters. The summed E-state index contributed by atoms with van der Waals surface area (Å²) < 4.78 is 6.09. The summed E-state index contributed by atoms with van der Waals surface area (Å²) in [6.07, 6.45) is 5.76. The predicted octanol–water partition coefficient (Wildman–Crippen LogP) is 1.91. The number of hydrogen-bond acceptors (Lipinski definition) is 3. The molecule has 0 atom stereocenters. The highest BCUT2D eigenvalue weighted by molar-refractivity contribution is 5.29. The van der Waals surface area contributed by atoms with E-state index in [2.05, 4.69) is 17.2 Å². The van der Waals surface area contributed by atoms with Gasteiger partial charge in [-0.1, -0.05) is 0 Å². The molecule has 82 valence electrons. The lowest BCUT2D eigenvalue weighted by Crippen LogP contribution is -2.43. The zero-order chi connectivity index (χ0) is 10.7. The van der Waals surface area contributed by atoms with Gasteiger partial charge in [0, 0.05) is 18.0 Å². The Bertz CT molecular complexity index is 332. The molecule has 3 nitrogen and oxygen atoms in total. The normalized spacial score (nSPS) is 19.9. The molecule has 15 heavy (non-hydrogen) atoms. The van der Waals surface area contributed by atoms with E-state index >= 15 is 0 Å². The van der Waals surface area contributed by atoms with Crippen LogP contribution in [0, 0.1) is 6.92 Å². The highest BCUT2D eigenvalue weighted by Crippen LogP contribution is 2.27. The number of ether oxygens (including phenoxy) is 1. The Kier molecular flexibility index (Phi) is 2.91. The third-order valence-electron chi connectivity index (χ3n) is 2.99. The fourth-order valence-electron chi connectivity index (χ4n) is 1.90. The van der Waals surface area contributed by atoms with Crippen LogP contribution in [-0.4, -0.2) is 23.7 Å². The SMILES string of the molecule is Cc1cnccc1OC1(C)CCNCC1. The van der Waals surface area contributed by atoms with Gasteiger partial charge in [-0.2, -0.15) is 0 Å². The topological polar surface area (TPSA) is 34.1 Å². The molecule has 0 amide bonds. The van der Waals surface area contributed by atoms with Crippen molar-refractivity contribution >= 4 is 0 Å². The molecule has 2 heterocycles. The summed E-state index contributed by atoms with van der Waals surface area (Å²) >= 11 is 0. The van der Waals surface area contributed by atoms with E-state index in [0.717, 1.165) is 37.2 Å². The summed E-state index contributed by atoms with van der Waals surface area (Å²) in [7, 11) is 0. The molecule has 0 saturated carbocycles. The highest BCUT2D eigenvalue weighted by Gasteiger charge is 2.28. The second-order valence-corrected chi connectivity index (χ2v) is 4.44.